The van der Waals surface area contributed by atoms with Crippen LogP contribution in [0.4, 0.5) is 17.2 Å². The summed E-state index contributed by atoms with van der Waals surface area (Å²) in [5.74, 6) is 0.916. The monoisotopic (exact) mass is 517 g/mol. The van der Waals surface area contributed by atoms with E-state index in [1.54, 1.807) is 23.7 Å². The number of aliphatic imine (C=N–C) groups is 2. The lowest BCUT2D eigenvalue weighted by molar-refractivity contribution is 0.485. The van der Waals surface area contributed by atoms with E-state index in [1.165, 1.54) is 15.4 Å². The molecular weight excluding hydrogens is 482 g/mol. The van der Waals surface area contributed by atoms with Gasteiger partial charge >= 0.3 is 0 Å². The van der Waals surface area contributed by atoms with Gasteiger partial charge in [-0.05, 0) is 70.7 Å². The van der Waals surface area contributed by atoms with Crippen molar-refractivity contribution in [1.82, 2.24) is 19.1 Å². The number of rotatable bonds is 7. The van der Waals surface area contributed by atoms with Gasteiger partial charge in [-0.1, -0.05) is 6.08 Å². The largest absolute Gasteiger partial charge is 0.371 e. The maximum absolute atomic E-state index is 13.1. The van der Waals surface area contributed by atoms with Crippen LogP contribution < -0.4 is 27.1 Å². The van der Waals surface area contributed by atoms with Crippen molar-refractivity contribution in [2.75, 3.05) is 23.3 Å². The van der Waals surface area contributed by atoms with Crippen molar-refractivity contribution in [3.05, 3.63) is 75.3 Å². The number of nitrogens with one attached hydrogen (secondary N) is 1. The van der Waals surface area contributed by atoms with E-state index in [-0.39, 0.29) is 35.7 Å². The Morgan fingerprint density at radius 3 is 2.47 bits per heavy atom. The second kappa shape index (κ2) is 11.4. The third-order valence-corrected chi connectivity index (χ3v) is 6.54. The van der Waals surface area contributed by atoms with Crippen LogP contribution in [0.2, 0.25) is 0 Å². The highest BCUT2D eigenvalue weighted by Crippen LogP contribution is 2.24. The van der Waals surface area contributed by atoms with Gasteiger partial charge < -0.3 is 16.0 Å². The summed E-state index contributed by atoms with van der Waals surface area (Å²) in [5, 5.41) is 7.68. The van der Waals surface area contributed by atoms with E-state index in [0.29, 0.717) is 17.2 Å². The Labute approximate surface area is 221 Å². The number of hydrogen-bond donors (Lipinski definition) is 2. The molecule has 0 amide bonds. The molecule has 1 fully saturated rings. The summed E-state index contributed by atoms with van der Waals surface area (Å²) in [5.41, 5.74) is 7.85. The van der Waals surface area contributed by atoms with E-state index >= 15 is 0 Å². The van der Waals surface area contributed by atoms with E-state index in [4.69, 9.17) is 5.73 Å². The van der Waals surface area contributed by atoms with Gasteiger partial charge in [0, 0.05) is 36.6 Å². The van der Waals surface area contributed by atoms with Crippen LogP contribution in [-0.2, 0) is 6.54 Å². The maximum atomic E-state index is 13.1. The van der Waals surface area contributed by atoms with Crippen LogP contribution in [0.5, 0.6) is 0 Å². The predicted molar refractivity (Wildman–Crippen MR) is 154 cm³/mol. The summed E-state index contributed by atoms with van der Waals surface area (Å²) in [7, 11) is 0. The van der Waals surface area contributed by atoms with Crippen molar-refractivity contribution in [3.8, 4) is 5.82 Å². The quantitative estimate of drug-likeness (QED) is 0.282. The Hall–Kier alpha value is -4.25. The molecule has 1 aromatic carbocycles. The Morgan fingerprint density at radius 1 is 1.18 bits per heavy atom. The van der Waals surface area contributed by atoms with Gasteiger partial charge in [-0.25, -0.2) is 19.0 Å². The molecular formula is C27H35N9O2. The van der Waals surface area contributed by atoms with E-state index in [2.05, 4.69) is 38.6 Å². The fourth-order valence-electron chi connectivity index (χ4n) is 4.45. The van der Waals surface area contributed by atoms with E-state index in [1.807, 2.05) is 38.1 Å². The molecule has 1 saturated heterocycles. The number of allylic oxidation sites excluding steroid dienone is 1. The number of aromatic nitrogens is 4. The molecule has 0 spiro atoms. The summed E-state index contributed by atoms with van der Waals surface area (Å²) in [6.45, 7) is 15.0. The van der Waals surface area contributed by atoms with Gasteiger partial charge in [0.1, 0.15) is 0 Å². The van der Waals surface area contributed by atoms with Gasteiger partial charge in [0.05, 0.1) is 18.2 Å². The average molecular weight is 518 g/mol. The van der Waals surface area contributed by atoms with Crippen molar-refractivity contribution in [2.24, 2.45) is 15.7 Å². The van der Waals surface area contributed by atoms with Gasteiger partial charge in [-0.15, -0.1) is 11.7 Å². The molecule has 3 aromatic rings. The summed E-state index contributed by atoms with van der Waals surface area (Å²) < 4.78 is 4.41. The number of anilines is 2. The van der Waals surface area contributed by atoms with E-state index in [0.717, 1.165) is 37.3 Å². The molecule has 4 rings (SSSR count). The zero-order valence-electron chi connectivity index (χ0n) is 22.2. The molecule has 2 aromatic heterocycles. The molecule has 1 aliphatic heterocycles. The first-order valence-corrected chi connectivity index (χ1v) is 12.7. The summed E-state index contributed by atoms with van der Waals surface area (Å²) >= 11 is 0. The van der Waals surface area contributed by atoms with Gasteiger partial charge in [0.2, 0.25) is 5.96 Å². The Bertz CT molecular complexity index is 1450. The minimum absolute atomic E-state index is 0.164. The lowest BCUT2D eigenvalue weighted by atomic mass is 10.1. The zero-order chi connectivity index (χ0) is 27.4. The molecule has 11 heteroatoms. The molecule has 0 unspecified atom stereocenters. The fraction of sp³-hybridized carbons (Fsp3) is 0.370. The smallest absolute Gasteiger partial charge is 0.272 e. The second-order valence-corrected chi connectivity index (χ2v) is 9.59. The first-order chi connectivity index (χ1) is 18.2. The van der Waals surface area contributed by atoms with Crippen molar-refractivity contribution in [2.45, 2.75) is 52.2 Å². The van der Waals surface area contributed by atoms with Crippen LogP contribution in [0.1, 0.15) is 38.3 Å². The average Bonchev–Trinajstić information content (AvgIpc) is 3.14. The summed E-state index contributed by atoms with van der Waals surface area (Å²) in [4.78, 5) is 36.5. The Balaban J connectivity index is 1.71. The van der Waals surface area contributed by atoms with Crippen molar-refractivity contribution >= 4 is 29.9 Å². The molecule has 0 radical (unpaired) electrons. The van der Waals surface area contributed by atoms with Crippen LogP contribution in [0, 0.1) is 6.92 Å². The number of guanidine groups is 1. The normalized spacial score (nSPS) is 14.7. The summed E-state index contributed by atoms with van der Waals surface area (Å²) in [6, 6.07) is 11.1. The molecule has 200 valence electrons. The van der Waals surface area contributed by atoms with Crippen LogP contribution in [0.25, 0.3) is 5.82 Å². The molecule has 1 aliphatic rings. The fourth-order valence-corrected chi connectivity index (χ4v) is 4.45. The molecule has 3 N–H and O–H groups in total. The van der Waals surface area contributed by atoms with Crippen molar-refractivity contribution in [3.63, 3.8) is 0 Å². The molecule has 3 heterocycles. The van der Waals surface area contributed by atoms with Gasteiger partial charge in [0.25, 0.3) is 11.1 Å². The molecule has 0 saturated carbocycles. The highest BCUT2D eigenvalue weighted by molar-refractivity contribution is 5.98. The topological polar surface area (TPSA) is 128 Å². The standard InChI is InChI=1S/C27H35N9O2/c1-6-15-34-26(38)19(4)25(36(34)23-11-12-24(37)35(32-23)18(2)3)31-27(29-5)30-21-7-9-22(10-8-21)33-16-13-20(28)14-17-33/h6-12,18,20H,1,5,13-17,28H2,2-4H3,(H,30,31). The van der Waals surface area contributed by atoms with Crippen molar-refractivity contribution < 1.29 is 0 Å². The minimum Gasteiger partial charge on any atom is -0.371 e. The third kappa shape index (κ3) is 5.52. The number of nitrogens with two attached hydrogens (primary N) is 1. The van der Waals surface area contributed by atoms with Crippen molar-refractivity contribution in [1.29, 1.82) is 0 Å². The predicted octanol–water partition coefficient (Wildman–Crippen LogP) is 3.00. The van der Waals surface area contributed by atoms with Crippen LogP contribution >= 0.6 is 0 Å². The van der Waals surface area contributed by atoms with E-state index < -0.39 is 0 Å². The van der Waals surface area contributed by atoms with Gasteiger partial charge in [-0.3, -0.25) is 9.59 Å². The SMILES string of the molecule is C=CCn1c(=O)c(C)c(N=C(N=C)Nc2ccc(N3CCC(N)CC3)cc2)n1-c1ccc(=O)n(C(C)C)n1. The highest BCUT2D eigenvalue weighted by atomic mass is 16.1. The molecule has 38 heavy (non-hydrogen) atoms. The Morgan fingerprint density at radius 2 is 1.87 bits per heavy atom. The van der Waals surface area contributed by atoms with Crippen LogP contribution in [0.3, 0.4) is 0 Å². The third-order valence-electron chi connectivity index (χ3n) is 6.54. The first kappa shape index (κ1) is 26.8. The first-order valence-electron chi connectivity index (χ1n) is 12.7. The maximum Gasteiger partial charge on any atom is 0.272 e. The van der Waals surface area contributed by atoms with Gasteiger partial charge in [0.15, 0.2) is 11.6 Å². The van der Waals surface area contributed by atoms with Crippen LogP contribution in [-0.4, -0.2) is 51.0 Å². The molecule has 0 aliphatic carbocycles. The summed E-state index contributed by atoms with van der Waals surface area (Å²) in [6.07, 6.45) is 3.58. The lowest BCUT2D eigenvalue weighted by Crippen LogP contribution is -2.39. The van der Waals surface area contributed by atoms with E-state index in [9.17, 15) is 9.59 Å². The number of hydrogen-bond acceptors (Lipinski definition) is 6. The number of nitrogens with zero attached hydrogens (tertiary/aromatic N) is 7. The lowest BCUT2D eigenvalue weighted by Gasteiger charge is -2.32. The number of benzene rings is 1. The minimum atomic E-state index is -0.248. The highest BCUT2D eigenvalue weighted by Gasteiger charge is 2.20. The van der Waals surface area contributed by atoms with Gasteiger partial charge in [-0.2, -0.15) is 4.99 Å². The second-order valence-electron chi connectivity index (χ2n) is 9.59. The molecule has 0 bridgehead atoms. The molecule has 11 nitrogen and oxygen atoms in total. The molecule has 0 atom stereocenters. The number of piperidine rings is 1. The Kier molecular flexibility index (Phi) is 8.06. The van der Waals surface area contributed by atoms with Crippen LogP contribution in [0.15, 0.2) is 68.6 Å². The zero-order valence-corrected chi connectivity index (χ0v) is 22.2.